The molecule has 0 spiro atoms. The van der Waals surface area contributed by atoms with E-state index in [1.807, 2.05) is 32.0 Å². The van der Waals surface area contributed by atoms with Gasteiger partial charge in [0, 0.05) is 0 Å². The fourth-order valence-electron chi connectivity index (χ4n) is 2.32. The molecule has 0 saturated carbocycles. The van der Waals surface area contributed by atoms with Crippen LogP contribution in [0.3, 0.4) is 0 Å². The summed E-state index contributed by atoms with van der Waals surface area (Å²) in [5.74, 6) is 0. The molecule has 0 aliphatic rings. The summed E-state index contributed by atoms with van der Waals surface area (Å²) in [5, 5.41) is 13.3. The summed E-state index contributed by atoms with van der Waals surface area (Å²) < 4.78 is 5.25. The standard InChI is InChI=1S/C17H28N2O3/c1-11-6-7-13(12(2)10-11)15(20)14(8-9-18)19-16(21)22-17(3,4)5/h6-7,10,14-15,20H,8-9,18H2,1-5H3,(H,19,21). The first-order chi connectivity index (χ1) is 10.1. The Hall–Kier alpha value is -1.59. The van der Waals surface area contributed by atoms with Crippen LogP contribution in [0.1, 0.15) is 50.0 Å². The number of aliphatic hydroxyl groups is 1. The van der Waals surface area contributed by atoms with E-state index in [1.54, 1.807) is 20.8 Å². The molecule has 0 bridgehead atoms. The molecule has 1 aromatic carbocycles. The van der Waals surface area contributed by atoms with Gasteiger partial charge in [0.15, 0.2) is 0 Å². The number of aliphatic hydroxyl groups excluding tert-OH is 1. The van der Waals surface area contributed by atoms with E-state index >= 15 is 0 Å². The molecule has 0 aliphatic heterocycles. The fraction of sp³-hybridized carbons (Fsp3) is 0.588. The lowest BCUT2D eigenvalue weighted by Crippen LogP contribution is -2.43. The van der Waals surface area contributed by atoms with Crippen LogP contribution < -0.4 is 11.1 Å². The molecule has 22 heavy (non-hydrogen) atoms. The minimum absolute atomic E-state index is 0.364. The molecule has 1 rings (SSSR count). The predicted molar refractivity (Wildman–Crippen MR) is 87.7 cm³/mol. The highest BCUT2D eigenvalue weighted by atomic mass is 16.6. The molecule has 0 aromatic heterocycles. The molecule has 124 valence electrons. The van der Waals surface area contributed by atoms with Crippen LogP contribution in [-0.4, -0.2) is 29.4 Å². The van der Waals surface area contributed by atoms with Gasteiger partial charge in [-0.2, -0.15) is 0 Å². The van der Waals surface area contributed by atoms with Gasteiger partial charge >= 0.3 is 6.09 Å². The molecule has 5 heteroatoms. The molecule has 0 radical (unpaired) electrons. The molecule has 0 heterocycles. The van der Waals surface area contributed by atoms with Crippen LogP contribution in [0, 0.1) is 13.8 Å². The molecule has 4 N–H and O–H groups in total. The lowest BCUT2D eigenvalue weighted by atomic mass is 9.95. The zero-order chi connectivity index (χ0) is 16.9. The van der Waals surface area contributed by atoms with Gasteiger partial charge in [0.05, 0.1) is 12.1 Å². The number of carbonyl (C=O) groups is 1. The largest absolute Gasteiger partial charge is 0.444 e. The maximum Gasteiger partial charge on any atom is 0.407 e. The van der Waals surface area contributed by atoms with Crippen LogP contribution in [0.15, 0.2) is 18.2 Å². The van der Waals surface area contributed by atoms with Crippen molar-refractivity contribution in [3.8, 4) is 0 Å². The van der Waals surface area contributed by atoms with Crippen molar-refractivity contribution in [2.45, 2.75) is 58.8 Å². The number of hydrogen-bond donors (Lipinski definition) is 3. The summed E-state index contributed by atoms with van der Waals surface area (Å²) in [6.45, 7) is 9.70. The van der Waals surface area contributed by atoms with Gasteiger partial charge in [-0.1, -0.05) is 23.8 Å². The second kappa shape index (κ2) is 7.61. The summed E-state index contributed by atoms with van der Waals surface area (Å²) in [7, 11) is 0. The van der Waals surface area contributed by atoms with E-state index in [2.05, 4.69) is 5.32 Å². The molecular weight excluding hydrogens is 280 g/mol. The average Bonchev–Trinajstić information content (AvgIpc) is 2.35. The van der Waals surface area contributed by atoms with Gasteiger partial charge in [-0.05, 0) is 58.7 Å². The molecule has 2 atom stereocenters. The van der Waals surface area contributed by atoms with Gasteiger partial charge in [0.2, 0.25) is 0 Å². The Labute approximate surface area is 132 Å². The Bertz CT molecular complexity index is 509. The van der Waals surface area contributed by atoms with E-state index in [9.17, 15) is 9.90 Å². The van der Waals surface area contributed by atoms with E-state index < -0.39 is 23.8 Å². The average molecular weight is 308 g/mol. The van der Waals surface area contributed by atoms with E-state index in [-0.39, 0.29) is 0 Å². The zero-order valence-electron chi connectivity index (χ0n) is 14.1. The predicted octanol–water partition coefficient (Wildman–Crippen LogP) is 2.58. The van der Waals surface area contributed by atoms with Crippen molar-refractivity contribution in [3.63, 3.8) is 0 Å². The highest BCUT2D eigenvalue weighted by Crippen LogP contribution is 2.23. The van der Waals surface area contributed by atoms with Crippen molar-refractivity contribution in [1.82, 2.24) is 5.32 Å². The molecule has 0 fully saturated rings. The number of aryl methyl sites for hydroxylation is 2. The summed E-state index contributed by atoms with van der Waals surface area (Å²) in [6, 6.07) is 5.35. The first-order valence-electron chi connectivity index (χ1n) is 7.59. The lowest BCUT2D eigenvalue weighted by Gasteiger charge is -2.27. The number of nitrogens with two attached hydrogens (primary N) is 1. The number of benzene rings is 1. The van der Waals surface area contributed by atoms with Crippen LogP contribution in [0.2, 0.25) is 0 Å². The third kappa shape index (κ3) is 5.66. The van der Waals surface area contributed by atoms with Crippen molar-refractivity contribution in [1.29, 1.82) is 0 Å². The Balaban J connectivity index is 2.87. The third-order valence-corrected chi connectivity index (χ3v) is 3.30. The Morgan fingerprint density at radius 1 is 1.36 bits per heavy atom. The Morgan fingerprint density at radius 3 is 2.50 bits per heavy atom. The molecule has 1 amide bonds. The summed E-state index contributed by atoms with van der Waals surface area (Å²) in [6.07, 6.45) is -0.903. The van der Waals surface area contributed by atoms with E-state index in [4.69, 9.17) is 10.5 Å². The molecular formula is C17H28N2O3. The van der Waals surface area contributed by atoms with Crippen molar-refractivity contribution in [3.05, 3.63) is 34.9 Å². The number of alkyl carbamates (subject to hydrolysis) is 1. The number of carbonyl (C=O) groups excluding carboxylic acids is 1. The fourth-order valence-corrected chi connectivity index (χ4v) is 2.32. The lowest BCUT2D eigenvalue weighted by molar-refractivity contribution is 0.0415. The van der Waals surface area contributed by atoms with Gasteiger partial charge in [0.25, 0.3) is 0 Å². The number of nitrogens with one attached hydrogen (secondary N) is 1. The molecule has 2 unspecified atom stereocenters. The SMILES string of the molecule is Cc1ccc(C(O)C(CCN)NC(=O)OC(C)(C)C)c(C)c1. The normalized spacial score (nSPS) is 14.3. The minimum atomic E-state index is -0.823. The van der Waals surface area contributed by atoms with Crippen LogP contribution in [0.4, 0.5) is 4.79 Å². The van der Waals surface area contributed by atoms with Crippen molar-refractivity contribution >= 4 is 6.09 Å². The number of ether oxygens (including phenoxy) is 1. The molecule has 0 saturated heterocycles. The second-order valence-corrected chi connectivity index (χ2v) is 6.63. The Kier molecular flexibility index (Phi) is 6.38. The van der Waals surface area contributed by atoms with Crippen molar-refractivity contribution < 1.29 is 14.6 Å². The quantitative estimate of drug-likeness (QED) is 0.780. The maximum absolute atomic E-state index is 11.9. The summed E-state index contributed by atoms with van der Waals surface area (Å²) >= 11 is 0. The summed E-state index contributed by atoms with van der Waals surface area (Å²) in [5.41, 5.74) is 7.93. The minimum Gasteiger partial charge on any atom is -0.444 e. The van der Waals surface area contributed by atoms with Gasteiger partial charge in [-0.25, -0.2) is 4.79 Å². The van der Waals surface area contributed by atoms with Crippen LogP contribution in [-0.2, 0) is 4.74 Å². The number of hydrogen-bond acceptors (Lipinski definition) is 4. The van der Waals surface area contributed by atoms with Crippen LogP contribution in [0.25, 0.3) is 0 Å². The van der Waals surface area contributed by atoms with Crippen molar-refractivity contribution in [2.24, 2.45) is 5.73 Å². The van der Waals surface area contributed by atoms with Crippen LogP contribution in [0.5, 0.6) is 0 Å². The van der Waals surface area contributed by atoms with E-state index in [1.165, 1.54) is 0 Å². The van der Waals surface area contributed by atoms with Gasteiger partial charge in [-0.15, -0.1) is 0 Å². The second-order valence-electron chi connectivity index (χ2n) is 6.63. The number of amides is 1. The highest BCUT2D eigenvalue weighted by molar-refractivity contribution is 5.68. The maximum atomic E-state index is 11.9. The van der Waals surface area contributed by atoms with E-state index in [0.29, 0.717) is 13.0 Å². The zero-order valence-corrected chi connectivity index (χ0v) is 14.1. The van der Waals surface area contributed by atoms with Gasteiger partial charge in [0.1, 0.15) is 5.60 Å². The van der Waals surface area contributed by atoms with Crippen LogP contribution >= 0.6 is 0 Å². The third-order valence-electron chi connectivity index (χ3n) is 3.30. The molecule has 1 aromatic rings. The van der Waals surface area contributed by atoms with Crippen molar-refractivity contribution in [2.75, 3.05) is 6.54 Å². The summed E-state index contributed by atoms with van der Waals surface area (Å²) in [4.78, 5) is 11.9. The topological polar surface area (TPSA) is 84.6 Å². The van der Waals surface area contributed by atoms with Gasteiger partial charge in [-0.3, -0.25) is 0 Å². The smallest absolute Gasteiger partial charge is 0.407 e. The number of rotatable bonds is 5. The molecule has 5 nitrogen and oxygen atoms in total. The van der Waals surface area contributed by atoms with Gasteiger partial charge < -0.3 is 20.9 Å². The Morgan fingerprint density at radius 2 is 2.00 bits per heavy atom. The first-order valence-corrected chi connectivity index (χ1v) is 7.59. The van der Waals surface area contributed by atoms with E-state index in [0.717, 1.165) is 16.7 Å². The first kappa shape index (κ1) is 18.5. The monoisotopic (exact) mass is 308 g/mol. The highest BCUT2D eigenvalue weighted by Gasteiger charge is 2.26. The molecule has 0 aliphatic carbocycles.